The quantitative estimate of drug-likeness (QED) is 0.482. The number of nitrogens with one attached hydrogen (secondary N) is 1. The molecule has 8 nitrogen and oxygen atoms in total. The zero-order chi connectivity index (χ0) is 20.1. The van der Waals surface area contributed by atoms with Crippen LogP contribution in [-0.4, -0.2) is 44.4 Å². The average molecular weight is 408 g/mol. The molecule has 0 aliphatic carbocycles. The number of nitrogens with zero attached hydrogens (tertiary/aromatic N) is 5. The summed E-state index contributed by atoms with van der Waals surface area (Å²) in [7, 11) is 1.55. The lowest BCUT2D eigenvalue weighted by molar-refractivity contribution is -0.121. The molecular formula is C20H20N6O2S. The standard InChI is InChI=1S/C20H20N6O2S/c1-28-19-10-8-17-24-23-16(26(17)25-19)7-9-18(27)21-12-11-20-22-15(13-29-20)14-5-3-2-4-6-14/h2-6,8,10,13H,7,9,11-12H2,1H3,(H,21,27). The van der Waals surface area contributed by atoms with Crippen LogP contribution in [0.1, 0.15) is 17.3 Å². The van der Waals surface area contributed by atoms with Gasteiger partial charge in [-0.15, -0.1) is 26.6 Å². The highest BCUT2D eigenvalue weighted by molar-refractivity contribution is 7.09. The molecule has 0 aliphatic rings. The molecule has 0 aliphatic heterocycles. The highest BCUT2D eigenvalue weighted by atomic mass is 32.1. The third-order valence-electron chi connectivity index (χ3n) is 4.37. The fourth-order valence-corrected chi connectivity index (χ4v) is 3.68. The number of rotatable bonds is 8. The van der Waals surface area contributed by atoms with Crippen LogP contribution >= 0.6 is 11.3 Å². The Kier molecular flexibility index (Phi) is 5.76. The van der Waals surface area contributed by atoms with Crippen LogP contribution in [0.25, 0.3) is 16.9 Å². The molecule has 0 radical (unpaired) electrons. The Morgan fingerprint density at radius 1 is 1.14 bits per heavy atom. The molecule has 4 rings (SSSR count). The molecule has 0 spiro atoms. The number of amides is 1. The van der Waals surface area contributed by atoms with Crippen molar-refractivity contribution in [2.75, 3.05) is 13.7 Å². The molecule has 0 saturated carbocycles. The van der Waals surface area contributed by atoms with E-state index < -0.39 is 0 Å². The molecule has 0 unspecified atom stereocenters. The summed E-state index contributed by atoms with van der Waals surface area (Å²) in [5, 5.41) is 18.4. The highest BCUT2D eigenvalue weighted by Gasteiger charge is 2.11. The van der Waals surface area contributed by atoms with Gasteiger partial charge in [0.2, 0.25) is 11.8 Å². The van der Waals surface area contributed by atoms with Crippen molar-refractivity contribution in [2.24, 2.45) is 0 Å². The van der Waals surface area contributed by atoms with Crippen molar-refractivity contribution in [3.8, 4) is 17.1 Å². The molecule has 29 heavy (non-hydrogen) atoms. The molecule has 0 bridgehead atoms. The molecule has 148 valence electrons. The zero-order valence-electron chi connectivity index (χ0n) is 15.9. The van der Waals surface area contributed by atoms with Gasteiger partial charge in [0, 0.05) is 42.8 Å². The topological polar surface area (TPSA) is 94.3 Å². The number of aromatic nitrogens is 5. The summed E-state index contributed by atoms with van der Waals surface area (Å²) in [4.78, 5) is 16.8. The molecule has 9 heteroatoms. The highest BCUT2D eigenvalue weighted by Crippen LogP contribution is 2.21. The Labute approximate surface area is 171 Å². The monoisotopic (exact) mass is 408 g/mol. The number of hydrogen-bond acceptors (Lipinski definition) is 7. The van der Waals surface area contributed by atoms with Crippen molar-refractivity contribution in [1.82, 2.24) is 30.1 Å². The lowest BCUT2D eigenvalue weighted by atomic mass is 10.2. The molecule has 3 aromatic heterocycles. The molecule has 0 atom stereocenters. The molecule has 4 aromatic rings. The molecule has 1 N–H and O–H groups in total. The van der Waals surface area contributed by atoms with Crippen LogP contribution in [0.15, 0.2) is 47.8 Å². The van der Waals surface area contributed by atoms with Crippen LogP contribution in [0.4, 0.5) is 0 Å². The van der Waals surface area contributed by atoms with Crippen LogP contribution < -0.4 is 10.1 Å². The van der Waals surface area contributed by atoms with Crippen molar-refractivity contribution in [3.63, 3.8) is 0 Å². The van der Waals surface area contributed by atoms with Gasteiger partial charge in [-0.3, -0.25) is 4.79 Å². The third kappa shape index (κ3) is 4.57. The number of fused-ring (bicyclic) bond motifs is 1. The van der Waals surface area contributed by atoms with E-state index in [-0.39, 0.29) is 5.91 Å². The summed E-state index contributed by atoms with van der Waals surface area (Å²) < 4.78 is 6.73. The summed E-state index contributed by atoms with van der Waals surface area (Å²) >= 11 is 1.61. The number of carbonyl (C=O) groups is 1. The second-order valence-electron chi connectivity index (χ2n) is 6.35. The summed E-state index contributed by atoms with van der Waals surface area (Å²) in [6, 6.07) is 13.6. The van der Waals surface area contributed by atoms with Gasteiger partial charge in [-0.1, -0.05) is 30.3 Å². The zero-order valence-corrected chi connectivity index (χ0v) is 16.7. The van der Waals surface area contributed by atoms with Crippen LogP contribution in [0, 0.1) is 0 Å². The normalized spacial score (nSPS) is 10.9. The summed E-state index contributed by atoms with van der Waals surface area (Å²) in [6.45, 7) is 0.549. The van der Waals surface area contributed by atoms with E-state index in [1.807, 2.05) is 35.7 Å². The van der Waals surface area contributed by atoms with Gasteiger partial charge < -0.3 is 10.1 Å². The van der Waals surface area contributed by atoms with E-state index in [1.54, 1.807) is 35.1 Å². The smallest absolute Gasteiger partial charge is 0.231 e. The second-order valence-corrected chi connectivity index (χ2v) is 7.30. The van der Waals surface area contributed by atoms with E-state index >= 15 is 0 Å². The Balaban J connectivity index is 1.26. The number of benzene rings is 1. The van der Waals surface area contributed by atoms with Crippen LogP contribution in [0.5, 0.6) is 5.88 Å². The first-order valence-electron chi connectivity index (χ1n) is 9.25. The third-order valence-corrected chi connectivity index (χ3v) is 5.28. The second kappa shape index (κ2) is 8.78. The van der Waals surface area contributed by atoms with Gasteiger partial charge in [-0.2, -0.15) is 4.52 Å². The number of methoxy groups -OCH3 is 1. The minimum Gasteiger partial charge on any atom is -0.480 e. The fourth-order valence-electron chi connectivity index (χ4n) is 2.87. The van der Waals surface area contributed by atoms with E-state index in [2.05, 4.69) is 25.6 Å². The van der Waals surface area contributed by atoms with Gasteiger partial charge in [0.05, 0.1) is 17.8 Å². The molecular weight excluding hydrogens is 388 g/mol. The number of carbonyl (C=O) groups excluding carboxylic acids is 1. The molecule has 0 saturated heterocycles. The van der Waals surface area contributed by atoms with Crippen molar-refractivity contribution in [3.05, 3.63) is 58.7 Å². The number of hydrogen-bond donors (Lipinski definition) is 1. The van der Waals surface area contributed by atoms with Gasteiger partial charge in [-0.05, 0) is 6.07 Å². The number of aryl methyl sites for hydroxylation is 1. The SMILES string of the molecule is COc1ccc2nnc(CCC(=O)NCCc3nc(-c4ccccc4)cs3)n2n1. The van der Waals surface area contributed by atoms with Gasteiger partial charge in [-0.25, -0.2) is 4.98 Å². The van der Waals surface area contributed by atoms with Crippen molar-refractivity contribution in [1.29, 1.82) is 0 Å². The molecule has 3 heterocycles. The molecule has 0 fully saturated rings. The predicted molar refractivity (Wildman–Crippen MR) is 110 cm³/mol. The summed E-state index contributed by atoms with van der Waals surface area (Å²) in [6.07, 6.45) is 1.46. The minimum atomic E-state index is -0.0375. The fraction of sp³-hybridized carbons (Fsp3) is 0.250. The number of thiazole rings is 1. The van der Waals surface area contributed by atoms with Crippen LogP contribution in [-0.2, 0) is 17.6 Å². The molecule has 1 amide bonds. The van der Waals surface area contributed by atoms with E-state index in [0.29, 0.717) is 43.2 Å². The Bertz CT molecular complexity index is 1110. The Morgan fingerprint density at radius 3 is 2.83 bits per heavy atom. The summed E-state index contributed by atoms with van der Waals surface area (Å²) in [5.41, 5.74) is 2.70. The van der Waals surface area contributed by atoms with Crippen molar-refractivity contribution >= 4 is 22.9 Å². The van der Waals surface area contributed by atoms with Gasteiger partial charge in [0.15, 0.2) is 11.5 Å². The van der Waals surface area contributed by atoms with Crippen LogP contribution in [0.2, 0.25) is 0 Å². The molecule has 1 aromatic carbocycles. The lowest BCUT2D eigenvalue weighted by Gasteiger charge is -2.04. The van der Waals surface area contributed by atoms with Crippen LogP contribution in [0.3, 0.4) is 0 Å². The van der Waals surface area contributed by atoms with Crippen molar-refractivity contribution < 1.29 is 9.53 Å². The first-order chi connectivity index (χ1) is 14.2. The van der Waals surface area contributed by atoms with E-state index in [0.717, 1.165) is 16.3 Å². The van der Waals surface area contributed by atoms with Gasteiger partial charge in [0.1, 0.15) is 0 Å². The van der Waals surface area contributed by atoms with E-state index in [4.69, 9.17) is 4.74 Å². The van der Waals surface area contributed by atoms with Gasteiger partial charge >= 0.3 is 0 Å². The first-order valence-corrected chi connectivity index (χ1v) is 10.1. The van der Waals surface area contributed by atoms with Gasteiger partial charge in [0.25, 0.3) is 0 Å². The van der Waals surface area contributed by atoms with Crippen molar-refractivity contribution in [2.45, 2.75) is 19.3 Å². The maximum Gasteiger partial charge on any atom is 0.231 e. The first kappa shape index (κ1) is 19.0. The minimum absolute atomic E-state index is 0.0375. The number of ether oxygens (including phenoxy) is 1. The lowest BCUT2D eigenvalue weighted by Crippen LogP contribution is -2.26. The Morgan fingerprint density at radius 2 is 2.00 bits per heavy atom. The maximum atomic E-state index is 12.2. The van der Waals surface area contributed by atoms with E-state index in [1.165, 1.54) is 0 Å². The largest absolute Gasteiger partial charge is 0.480 e. The Hall–Kier alpha value is -3.33. The average Bonchev–Trinajstić information content (AvgIpc) is 3.39. The summed E-state index contributed by atoms with van der Waals surface area (Å²) in [5.74, 6) is 1.06. The maximum absolute atomic E-state index is 12.2. The predicted octanol–water partition coefficient (Wildman–Crippen LogP) is 2.55. The van der Waals surface area contributed by atoms with E-state index in [9.17, 15) is 4.79 Å².